The van der Waals surface area contributed by atoms with Gasteiger partial charge >= 0.3 is 5.97 Å². The standard InChI is InChI=1S/C17H21NO5/c1-22-15-8-11(2-3-12(15)17(20)21)18-16(19)14-9-13(14)10-4-6-23-7-5-10/h2-3,8,10,13-14H,4-7,9H2,1H3,(H,18,19)(H,20,21)/t13-,14+/m0/s1. The van der Waals surface area contributed by atoms with Crippen molar-refractivity contribution in [3.63, 3.8) is 0 Å². The van der Waals surface area contributed by atoms with Crippen LogP contribution < -0.4 is 10.1 Å². The van der Waals surface area contributed by atoms with Gasteiger partial charge in [-0.2, -0.15) is 0 Å². The van der Waals surface area contributed by atoms with Crippen molar-refractivity contribution in [1.29, 1.82) is 0 Å². The molecule has 6 nitrogen and oxygen atoms in total. The molecule has 2 atom stereocenters. The van der Waals surface area contributed by atoms with Crippen molar-refractivity contribution < 1.29 is 24.2 Å². The van der Waals surface area contributed by atoms with Crippen LogP contribution in [0, 0.1) is 17.8 Å². The van der Waals surface area contributed by atoms with Gasteiger partial charge in [0.1, 0.15) is 11.3 Å². The zero-order chi connectivity index (χ0) is 16.4. The van der Waals surface area contributed by atoms with Crippen LogP contribution in [0.15, 0.2) is 18.2 Å². The lowest BCUT2D eigenvalue weighted by molar-refractivity contribution is -0.117. The molecule has 1 aliphatic carbocycles. The average Bonchev–Trinajstić information content (AvgIpc) is 3.36. The van der Waals surface area contributed by atoms with Crippen molar-refractivity contribution in [2.45, 2.75) is 19.3 Å². The molecule has 2 fully saturated rings. The summed E-state index contributed by atoms with van der Waals surface area (Å²) in [5.41, 5.74) is 0.645. The van der Waals surface area contributed by atoms with Crippen LogP contribution >= 0.6 is 0 Å². The van der Waals surface area contributed by atoms with Crippen LogP contribution in [0.4, 0.5) is 5.69 Å². The van der Waals surface area contributed by atoms with Gasteiger partial charge < -0.3 is 19.9 Å². The molecule has 0 spiro atoms. The number of rotatable bonds is 5. The molecule has 2 aliphatic rings. The van der Waals surface area contributed by atoms with Crippen molar-refractivity contribution in [3.8, 4) is 5.75 Å². The molecule has 1 saturated carbocycles. The van der Waals surface area contributed by atoms with Gasteiger partial charge in [0.2, 0.25) is 5.91 Å². The Hall–Kier alpha value is -2.08. The number of carboxylic acid groups (broad SMARTS) is 1. The molecule has 0 radical (unpaired) electrons. The number of carboxylic acids is 1. The van der Waals surface area contributed by atoms with Crippen LogP contribution in [0.5, 0.6) is 5.75 Å². The van der Waals surface area contributed by atoms with E-state index >= 15 is 0 Å². The number of anilines is 1. The molecule has 1 aromatic carbocycles. The van der Waals surface area contributed by atoms with Gasteiger partial charge in [0, 0.05) is 30.9 Å². The molecular formula is C17H21NO5. The minimum absolute atomic E-state index is 0.00613. The first-order chi connectivity index (χ1) is 11.1. The summed E-state index contributed by atoms with van der Waals surface area (Å²) in [6, 6.07) is 4.59. The lowest BCUT2D eigenvalue weighted by Crippen LogP contribution is -2.21. The minimum atomic E-state index is -1.05. The Kier molecular flexibility index (Phi) is 4.52. The highest BCUT2D eigenvalue weighted by atomic mass is 16.5. The number of benzene rings is 1. The van der Waals surface area contributed by atoms with Crippen LogP contribution in [-0.4, -0.2) is 37.3 Å². The predicted molar refractivity (Wildman–Crippen MR) is 83.7 cm³/mol. The van der Waals surface area contributed by atoms with Crippen molar-refractivity contribution in [3.05, 3.63) is 23.8 Å². The number of carbonyl (C=O) groups is 2. The SMILES string of the molecule is COc1cc(NC(=O)[C@@H]2C[C@H]2C2CCOCC2)ccc1C(=O)O. The first kappa shape index (κ1) is 15.8. The van der Waals surface area contributed by atoms with E-state index in [1.54, 1.807) is 12.1 Å². The second kappa shape index (κ2) is 6.58. The van der Waals surface area contributed by atoms with E-state index in [9.17, 15) is 9.59 Å². The molecule has 1 heterocycles. The molecule has 0 unspecified atom stereocenters. The number of hydrogen-bond donors (Lipinski definition) is 2. The predicted octanol–water partition coefficient (Wildman–Crippen LogP) is 2.39. The largest absolute Gasteiger partial charge is 0.496 e. The van der Waals surface area contributed by atoms with E-state index in [0.29, 0.717) is 17.5 Å². The van der Waals surface area contributed by atoms with Crippen LogP contribution in [0.3, 0.4) is 0 Å². The molecule has 1 aromatic rings. The van der Waals surface area contributed by atoms with Crippen molar-refractivity contribution in [2.75, 3.05) is 25.6 Å². The summed E-state index contributed by atoms with van der Waals surface area (Å²) in [7, 11) is 1.41. The zero-order valence-electron chi connectivity index (χ0n) is 13.1. The summed E-state index contributed by atoms with van der Waals surface area (Å²) in [5, 5.41) is 11.9. The zero-order valence-corrected chi connectivity index (χ0v) is 13.1. The number of ether oxygens (including phenoxy) is 2. The van der Waals surface area contributed by atoms with E-state index in [2.05, 4.69) is 5.32 Å². The maximum atomic E-state index is 12.3. The molecular weight excluding hydrogens is 298 g/mol. The second-order valence-electron chi connectivity index (χ2n) is 6.17. The number of nitrogens with one attached hydrogen (secondary N) is 1. The highest BCUT2D eigenvalue weighted by molar-refractivity contribution is 5.96. The van der Waals surface area contributed by atoms with E-state index in [1.807, 2.05) is 0 Å². The molecule has 0 aromatic heterocycles. The second-order valence-corrected chi connectivity index (χ2v) is 6.17. The highest BCUT2D eigenvalue weighted by Gasteiger charge is 2.47. The first-order valence-electron chi connectivity index (χ1n) is 7.90. The smallest absolute Gasteiger partial charge is 0.339 e. The molecule has 1 amide bonds. The molecule has 1 saturated heterocycles. The van der Waals surface area contributed by atoms with E-state index in [4.69, 9.17) is 14.6 Å². The molecule has 3 rings (SSSR count). The Balaban J connectivity index is 1.61. The van der Waals surface area contributed by atoms with Crippen LogP contribution in [0.1, 0.15) is 29.6 Å². The number of hydrogen-bond acceptors (Lipinski definition) is 4. The Morgan fingerprint density at radius 3 is 2.70 bits per heavy atom. The van der Waals surface area contributed by atoms with Gasteiger partial charge in [0.25, 0.3) is 0 Å². The fourth-order valence-corrected chi connectivity index (χ4v) is 3.36. The minimum Gasteiger partial charge on any atom is -0.496 e. The monoisotopic (exact) mass is 319 g/mol. The molecule has 124 valence electrons. The summed E-state index contributed by atoms with van der Waals surface area (Å²) < 4.78 is 10.4. The van der Waals surface area contributed by atoms with E-state index in [-0.39, 0.29) is 23.1 Å². The Bertz CT molecular complexity index is 609. The van der Waals surface area contributed by atoms with Crippen LogP contribution in [-0.2, 0) is 9.53 Å². The molecule has 2 N–H and O–H groups in total. The highest BCUT2D eigenvalue weighted by Crippen LogP contribution is 2.48. The Morgan fingerprint density at radius 2 is 2.04 bits per heavy atom. The fourth-order valence-electron chi connectivity index (χ4n) is 3.36. The summed E-state index contributed by atoms with van der Waals surface area (Å²) in [5.74, 6) is 0.297. The number of methoxy groups -OCH3 is 1. The lowest BCUT2D eigenvalue weighted by Gasteiger charge is -2.22. The quantitative estimate of drug-likeness (QED) is 0.870. The number of carbonyl (C=O) groups excluding carboxylic acids is 1. The van der Waals surface area contributed by atoms with Crippen molar-refractivity contribution in [2.24, 2.45) is 17.8 Å². The van der Waals surface area contributed by atoms with Crippen molar-refractivity contribution >= 4 is 17.6 Å². The van der Waals surface area contributed by atoms with Gasteiger partial charge in [-0.15, -0.1) is 0 Å². The summed E-state index contributed by atoms with van der Waals surface area (Å²) in [4.78, 5) is 23.4. The Morgan fingerprint density at radius 1 is 1.30 bits per heavy atom. The summed E-state index contributed by atoms with van der Waals surface area (Å²) >= 11 is 0. The third-order valence-corrected chi connectivity index (χ3v) is 4.75. The molecule has 6 heteroatoms. The van der Waals surface area contributed by atoms with E-state index in [1.165, 1.54) is 13.2 Å². The average molecular weight is 319 g/mol. The van der Waals surface area contributed by atoms with Crippen LogP contribution in [0.2, 0.25) is 0 Å². The van der Waals surface area contributed by atoms with Gasteiger partial charge in [-0.25, -0.2) is 4.79 Å². The third kappa shape index (κ3) is 3.47. The summed E-state index contributed by atoms with van der Waals surface area (Å²) in [6.07, 6.45) is 3.01. The topological polar surface area (TPSA) is 84.9 Å². The van der Waals surface area contributed by atoms with Gasteiger partial charge in [-0.1, -0.05) is 0 Å². The maximum absolute atomic E-state index is 12.3. The van der Waals surface area contributed by atoms with Gasteiger partial charge in [-0.3, -0.25) is 4.79 Å². The Labute approximate surface area is 134 Å². The first-order valence-corrected chi connectivity index (χ1v) is 7.90. The number of aromatic carboxylic acids is 1. The third-order valence-electron chi connectivity index (χ3n) is 4.75. The van der Waals surface area contributed by atoms with E-state index < -0.39 is 5.97 Å². The van der Waals surface area contributed by atoms with E-state index in [0.717, 1.165) is 32.5 Å². The number of amides is 1. The van der Waals surface area contributed by atoms with Gasteiger partial charge in [0.05, 0.1) is 7.11 Å². The molecule has 23 heavy (non-hydrogen) atoms. The van der Waals surface area contributed by atoms with Gasteiger partial charge in [0.15, 0.2) is 0 Å². The van der Waals surface area contributed by atoms with Crippen molar-refractivity contribution in [1.82, 2.24) is 0 Å². The fraction of sp³-hybridized carbons (Fsp3) is 0.529. The van der Waals surface area contributed by atoms with Gasteiger partial charge in [-0.05, 0) is 43.2 Å². The molecule has 0 bridgehead atoms. The maximum Gasteiger partial charge on any atom is 0.339 e. The summed E-state index contributed by atoms with van der Waals surface area (Å²) in [6.45, 7) is 1.59. The normalized spacial score (nSPS) is 24.0. The van der Waals surface area contributed by atoms with Crippen LogP contribution in [0.25, 0.3) is 0 Å². The lowest BCUT2D eigenvalue weighted by atomic mass is 9.93. The molecule has 1 aliphatic heterocycles.